The minimum absolute atomic E-state index is 0.292. The molecule has 0 fully saturated rings. The summed E-state index contributed by atoms with van der Waals surface area (Å²) in [6.07, 6.45) is 0. The van der Waals surface area contributed by atoms with E-state index in [9.17, 15) is 9.59 Å². The molecular formula is C23H20N4O3. The average Bonchev–Trinajstić information content (AvgIpc) is 3.36. The number of nitrogens with zero attached hydrogens (tertiary/aromatic N) is 2. The summed E-state index contributed by atoms with van der Waals surface area (Å²) in [5.74, 6) is 0.171. The third kappa shape index (κ3) is 3.86. The molecule has 2 aromatic heterocycles. The number of rotatable bonds is 4. The van der Waals surface area contributed by atoms with Gasteiger partial charge in [0.1, 0.15) is 17.2 Å². The molecular weight excluding hydrogens is 380 g/mol. The molecule has 2 heterocycles. The Bertz CT molecular complexity index is 1190. The van der Waals surface area contributed by atoms with Gasteiger partial charge in [0.2, 0.25) is 0 Å². The van der Waals surface area contributed by atoms with Gasteiger partial charge in [-0.1, -0.05) is 48.5 Å². The van der Waals surface area contributed by atoms with Gasteiger partial charge in [-0.15, -0.1) is 0 Å². The van der Waals surface area contributed by atoms with Crippen LogP contribution in [0, 0.1) is 13.8 Å². The number of aromatic nitrogens is 2. The second-order valence-corrected chi connectivity index (χ2v) is 6.76. The maximum absolute atomic E-state index is 12.9. The van der Waals surface area contributed by atoms with Gasteiger partial charge in [0.25, 0.3) is 11.8 Å². The lowest BCUT2D eigenvalue weighted by atomic mass is 10.1. The number of hydrazine groups is 1. The average molecular weight is 400 g/mol. The first-order valence-electron chi connectivity index (χ1n) is 9.41. The molecule has 0 aliphatic carbocycles. The maximum Gasteiger partial charge on any atom is 0.288 e. The molecule has 0 aliphatic heterocycles. The predicted molar refractivity (Wildman–Crippen MR) is 112 cm³/mol. The summed E-state index contributed by atoms with van der Waals surface area (Å²) in [5, 5.41) is 4.60. The molecule has 0 aliphatic rings. The number of furan rings is 1. The van der Waals surface area contributed by atoms with E-state index in [0.29, 0.717) is 28.5 Å². The zero-order valence-electron chi connectivity index (χ0n) is 16.5. The van der Waals surface area contributed by atoms with E-state index in [1.165, 1.54) is 0 Å². The molecule has 0 radical (unpaired) electrons. The van der Waals surface area contributed by atoms with Crippen LogP contribution in [0.3, 0.4) is 0 Å². The van der Waals surface area contributed by atoms with E-state index in [4.69, 9.17) is 4.42 Å². The van der Waals surface area contributed by atoms with Crippen molar-refractivity contribution in [2.75, 3.05) is 0 Å². The van der Waals surface area contributed by atoms with Gasteiger partial charge in [0, 0.05) is 5.56 Å². The highest BCUT2D eigenvalue weighted by Gasteiger charge is 2.19. The number of hydrogen-bond donors (Lipinski definition) is 2. The Kier molecular flexibility index (Phi) is 5.17. The molecule has 0 saturated carbocycles. The summed E-state index contributed by atoms with van der Waals surface area (Å²) in [7, 11) is 0. The highest BCUT2D eigenvalue weighted by Crippen LogP contribution is 2.21. The van der Waals surface area contributed by atoms with E-state index >= 15 is 0 Å². The molecule has 7 nitrogen and oxygen atoms in total. The van der Waals surface area contributed by atoms with E-state index in [0.717, 1.165) is 11.3 Å². The van der Waals surface area contributed by atoms with Gasteiger partial charge < -0.3 is 4.42 Å². The van der Waals surface area contributed by atoms with E-state index in [-0.39, 0.29) is 0 Å². The van der Waals surface area contributed by atoms with E-state index in [2.05, 4.69) is 16.0 Å². The summed E-state index contributed by atoms with van der Waals surface area (Å²) >= 11 is 0. The molecule has 7 heteroatoms. The van der Waals surface area contributed by atoms with Crippen LogP contribution in [0.25, 0.3) is 16.9 Å². The van der Waals surface area contributed by atoms with Crippen molar-refractivity contribution >= 4 is 11.8 Å². The van der Waals surface area contributed by atoms with Crippen molar-refractivity contribution in [3.8, 4) is 16.9 Å². The Hall–Kier alpha value is -4.13. The Labute approximate surface area is 173 Å². The number of hydrogen-bond acceptors (Lipinski definition) is 4. The molecule has 0 spiro atoms. The smallest absolute Gasteiger partial charge is 0.288 e. The largest absolute Gasteiger partial charge is 0.466 e. The Morgan fingerprint density at radius 1 is 0.867 bits per heavy atom. The van der Waals surface area contributed by atoms with E-state index in [1.54, 1.807) is 30.7 Å². The molecule has 0 unspecified atom stereocenters. The van der Waals surface area contributed by atoms with Crippen molar-refractivity contribution in [1.29, 1.82) is 0 Å². The first kappa shape index (κ1) is 19.2. The second kappa shape index (κ2) is 8.08. The molecule has 4 aromatic rings. The predicted octanol–water partition coefficient (Wildman–Crippen LogP) is 3.82. The van der Waals surface area contributed by atoms with Gasteiger partial charge in [-0.3, -0.25) is 20.4 Å². The number of carbonyl (C=O) groups excluding carboxylic acids is 2. The number of carbonyl (C=O) groups is 2. The standard InChI is InChI=1S/C23H20N4O3/c1-15-13-19(16(2)30-15)22(28)24-25-23(29)21-14-20(17-9-5-3-6-10-17)26-27(21)18-11-7-4-8-12-18/h3-14H,1-2H3,(H,24,28)(H,25,29). The highest BCUT2D eigenvalue weighted by molar-refractivity contribution is 5.99. The Morgan fingerprint density at radius 3 is 2.13 bits per heavy atom. The molecule has 0 saturated heterocycles. The summed E-state index contributed by atoms with van der Waals surface area (Å²) in [6, 6.07) is 22.2. The lowest BCUT2D eigenvalue weighted by Gasteiger charge is -2.09. The van der Waals surface area contributed by atoms with Crippen molar-refractivity contribution in [1.82, 2.24) is 20.6 Å². The zero-order chi connectivity index (χ0) is 21.1. The fourth-order valence-corrected chi connectivity index (χ4v) is 3.16. The molecule has 2 amide bonds. The molecule has 4 rings (SSSR count). The van der Waals surface area contributed by atoms with Gasteiger partial charge in [-0.05, 0) is 38.1 Å². The van der Waals surface area contributed by atoms with Crippen molar-refractivity contribution in [2.24, 2.45) is 0 Å². The maximum atomic E-state index is 12.9. The van der Waals surface area contributed by atoms with Gasteiger partial charge in [-0.25, -0.2) is 4.68 Å². The van der Waals surface area contributed by atoms with Crippen LogP contribution in [0.1, 0.15) is 32.4 Å². The monoisotopic (exact) mass is 400 g/mol. The number of para-hydroxylation sites is 1. The van der Waals surface area contributed by atoms with Crippen molar-refractivity contribution in [3.63, 3.8) is 0 Å². The summed E-state index contributed by atoms with van der Waals surface area (Å²) in [6.45, 7) is 3.45. The van der Waals surface area contributed by atoms with Crippen LogP contribution in [0.4, 0.5) is 0 Å². The van der Waals surface area contributed by atoms with Crippen LogP contribution >= 0.6 is 0 Å². The Balaban J connectivity index is 1.62. The number of benzene rings is 2. The lowest BCUT2D eigenvalue weighted by Crippen LogP contribution is -2.42. The minimum atomic E-state index is -0.486. The van der Waals surface area contributed by atoms with E-state index < -0.39 is 11.8 Å². The molecule has 0 atom stereocenters. The normalized spacial score (nSPS) is 10.6. The van der Waals surface area contributed by atoms with Crippen LogP contribution in [0.15, 0.2) is 77.2 Å². The van der Waals surface area contributed by atoms with Gasteiger partial charge >= 0.3 is 0 Å². The fourth-order valence-electron chi connectivity index (χ4n) is 3.16. The SMILES string of the molecule is Cc1cc(C(=O)NNC(=O)c2cc(-c3ccccc3)nn2-c2ccccc2)c(C)o1. The van der Waals surface area contributed by atoms with Crippen molar-refractivity contribution in [2.45, 2.75) is 13.8 Å². The van der Waals surface area contributed by atoms with Crippen LogP contribution in [0.2, 0.25) is 0 Å². The third-order valence-corrected chi connectivity index (χ3v) is 4.59. The van der Waals surface area contributed by atoms with Gasteiger partial charge in [0.15, 0.2) is 0 Å². The second-order valence-electron chi connectivity index (χ2n) is 6.76. The Morgan fingerprint density at radius 2 is 1.50 bits per heavy atom. The summed E-state index contributed by atoms with van der Waals surface area (Å²) in [4.78, 5) is 25.3. The molecule has 2 N–H and O–H groups in total. The number of nitrogens with one attached hydrogen (secondary N) is 2. The molecule has 2 aromatic carbocycles. The number of amides is 2. The lowest BCUT2D eigenvalue weighted by molar-refractivity contribution is 0.0841. The molecule has 0 bridgehead atoms. The van der Waals surface area contributed by atoms with Crippen molar-refractivity contribution < 1.29 is 14.0 Å². The highest BCUT2D eigenvalue weighted by atomic mass is 16.3. The number of aryl methyl sites for hydroxylation is 2. The summed E-state index contributed by atoms with van der Waals surface area (Å²) in [5.41, 5.74) is 7.84. The molecule has 150 valence electrons. The first-order chi connectivity index (χ1) is 14.5. The molecule has 30 heavy (non-hydrogen) atoms. The van der Waals surface area contributed by atoms with Crippen molar-refractivity contribution in [3.05, 3.63) is 95.6 Å². The summed E-state index contributed by atoms with van der Waals surface area (Å²) < 4.78 is 6.92. The van der Waals surface area contributed by atoms with Gasteiger partial charge in [-0.2, -0.15) is 5.10 Å². The quantitative estimate of drug-likeness (QED) is 0.510. The van der Waals surface area contributed by atoms with Crippen LogP contribution < -0.4 is 10.9 Å². The van der Waals surface area contributed by atoms with E-state index in [1.807, 2.05) is 60.7 Å². The zero-order valence-corrected chi connectivity index (χ0v) is 16.5. The minimum Gasteiger partial charge on any atom is -0.466 e. The van der Waals surface area contributed by atoms with Gasteiger partial charge in [0.05, 0.1) is 16.9 Å². The van der Waals surface area contributed by atoms with Crippen LogP contribution in [-0.4, -0.2) is 21.6 Å². The topological polar surface area (TPSA) is 89.2 Å². The fraction of sp³-hybridized carbons (Fsp3) is 0.0870. The van der Waals surface area contributed by atoms with Crippen LogP contribution in [-0.2, 0) is 0 Å². The first-order valence-corrected chi connectivity index (χ1v) is 9.41. The third-order valence-electron chi connectivity index (χ3n) is 4.59. The van der Waals surface area contributed by atoms with Crippen LogP contribution in [0.5, 0.6) is 0 Å².